The van der Waals surface area contributed by atoms with Crippen LogP contribution in [0.4, 0.5) is 11.4 Å². The largest absolute Gasteiger partial charge is 0.326 e. The van der Waals surface area contributed by atoms with Crippen molar-refractivity contribution in [2.45, 2.75) is 25.9 Å². The third-order valence-corrected chi connectivity index (χ3v) is 6.69. The van der Waals surface area contributed by atoms with Crippen molar-refractivity contribution in [3.05, 3.63) is 75.4 Å². The second kappa shape index (κ2) is 9.60. The standard InChI is InChI=1S/C24H22N4O3S2/c1-14-4-9-20(15(2)12-14)28-23(31)22-19(10-11-32-22)27-24(28)33-13-21(30)26-18-7-5-17(6-8-18)25-16(3)29/h4-12H,13H2,1-3H3,(H,25,29)(H,26,30). The highest BCUT2D eigenvalue weighted by atomic mass is 32.2. The maximum atomic E-state index is 13.3. The van der Waals surface area contributed by atoms with Crippen molar-refractivity contribution < 1.29 is 9.59 Å². The number of aromatic nitrogens is 2. The molecular formula is C24H22N4O3S2. The Bertz CT molecular complexity index is 1410. The lowest BCUT2D eigenvalue weighted by atomic mass is 10.1. The Hall–Kier alpha value is -3.43. The highest BCUT2D eigenvalue weighted by molar-refractivity contribution is 7.99. The van der Waals surface area contributed by atoms with Gasteiger partial charge in [0.25, 0.3) is 5.56 Å². The van der Waals surface area contributed by atoms with Crippen LogP contribution < -0.4 is 16.2 Å². The SMILES string of the molecule is CC(=O)Nc1ccc(NC(=O)CSc2nc3ccsc3c(=O)n2-c2ccc(C)cc2C)cc1. The molecule has 4 rings (SSSR count). The minimum atomic E-state index is -0.223. The number of thioether (sulfide) groups is 1. The van der Waals surface area contributed by atoms with Crippen LogP contribution in [0.5, 0.6) is 0 Å². The van der Waals surface area contributed by atoms with Gasteiger partial charge in [0.05, 0.1) is 17.0 Å². The molecule has 0 fully saturated rings. The Morgan fingerprint density at radius 3 is 2.39 bits per heavy atom. The second-order valence-corrected chi connectivity index (χ2v) is 9.41. The molecule has 0 aliphatic heterocycles. The normalized spacial score (nSPS) is 10.9. The quantitative estimate of drug-likeness (QED) is 0.308. The number of nitrogens with one attached hydrogen (secondary N) is 2. The van der Waals surface area contributed by atoms with Crippen molar-refractivity contribution >= 4 is 56.5 Å². The number of amides is 2. The predicted molar refractivity (Wildman–Crippen MR) is 135 cm³/mol. The zero-order valence-electron chi connectivity index (χ0n) is 18.3. The summed E-state index contributed by atoms with van der Waals surface area (Å²) in [5.74, 6) is -0.298. The first kappa shape index (κ1) is 22.8. The fraction of sp³-hybridized carbons (Fsp3) is 0.167. The van der Waals surface area contributed by atoms with Crippen molar-refractivity contribution in [3.8, 4) is 5.69 Å². The Morgan fingerprint density at radius 2 is 1.73 bits per heavy atom. The van der Waals surface area contributed by atoms with Gasteiger partial charge in [-0.05, 0) is 61.2 Å². The van der Waals surface area contributed by atoms with Gasteiger partial charge in [0, 0.05) is 18.3 Å². The minimum absolute atomic E-state index is 0.0838. The molecule has 2 aromatic carbocycles. The van der Waals surface area contributed by atoms with E-state index in [0.717, 1.165) is 16.8 Å². The molecule has 2 heterocycles. The molecule has 0 radical (unpaired) electrons. The van der Waals surface area contributed by atoms with E-state index < -0.39 is 0 Å². The summed E-state index contributed by atoms with van der Waals surface area (Å²) < 4.78 is 2.18. The molecule has 0 bridgehead atoms. The number of carbonyl (C=O) groups excluding carboxylic acids is 2. The van der Waals surface area contributed by atoms with Crippen molar-refractivity contribution in [1.82, 2.24) is 9.55 Å². The number of carbonyl (C=O) groups is 2. The van der Waals surface area contributed by atoms with E-state index in [0.29, 0.717) is 26.7 Å². The first-order valence-electron chi connectivity index (χ1n) is 10.2. The topological polar surface area (TPSA) is 93.1 Å². The third kappa shape index (κ3) is 5.15. The lowest BCUT2D eigenvalue weighted by Gasteiger charge is -2.14. The van der Waals surface area contributed by atoms with Crippen molar-refractivity contribution in [2.24, 2.45) is 0 Å². The van der Waals surface area contributed by atoms with E-state index in [1.807, 2.05) is 43.5 Å². The molecule has 2 aromatic heterocycles. The lowest BCUT2D eigenvalue weighted by molar-refractivity contribution is -0.114. The highest BCUT2D eigenvalue weighted by Gasteiger charge is 2.17. The van der Waals surface area contributed by atoms with E-state index in [2.05, 4.69) is 15.6 Å². The number of rotatable bonds is 6. The number of hydrogen-bond donors (Lipinski definition) is 2. The third-order valence-electron chi connectivity index (χ3n) is 4.86. The average molecular weight is 479 g/mol. The van der Waals surface area contributed by atoms with Crippen LogP contribution in [0.2, 0.25) is 0 Å². The summed E-state index contributed by atoms with van der Waals surface area (Å²) in [5.41, 5.74) is 4.57. The molecule has 33 heavy (non-hydrogen) atoms. The molecule has 0 aliphatic rings. The van der Waals surface area contributed by atoms with E-state index >= 15 is 0 Å². The molecule has 4 aromatic rings. The van der Waals surface area contributed by atoms with E-state index in [1.165, 1.54) is 30.0 Å². The monoisotopic (exact) mass is 478 g/mol. The number of nitrogens with zero attached hydrogens (tertiary/aromatic N) is 2. The molecule has 0 aliphatic carbocycles. The molecule has 9 heteroatoms. The maximum Gasteiger partial charge on any atom is 0.276 e. The molecule has 0 unspecified atom stereocenters. The maximum absolute atomic E-state index is 13.3. The summed E-state index contributed by atoms with van der Waals surface area (Å²) in [6, 6.07) is 14.6. The van der Waals surface area contributed by atoms with Gasteiger partial charge in [0.1, 0.15) is 4.70 Å². The van der Waals surface area contributed by atoms with Crippen LogP contribution in [0.15, 0.2) is 63.9 Å². The van der Waals surface area contributed by atoms with Crippen molar-refractivity contribution in [1.29, 1.82) is 0 Å². The number of fused-ring (bicyclic) bond motifs is 1. The predicted octanol–water partition coefficient (Wildman–Crippen LogP) is 4.75. The average Bonchev–Trinajstić information content (AvgIpc) is 3.23. The Morgan fingerprint density at radius 1 is 1.03 bits per heavy atom. The van der Waals surface area contributed by atoms with E-state index in [4.69, 9.17) is 0 Å². The zero-order chi connectivity index (χ0) is 23.5. The van der Waals surface area contributed by atoms with Crippen LogP contribution in [0.3, 0.4) is 0 Å². The summed E-state index contributed by atoms with van der Waals surface area (Å²) in [5, 5.41) is 7.83. The van der Waals surface area contributed by atoms with Crippen molar-refractivity contribution in [2.75, 3.05) is 16.4 Å². The smallest absolute Gasteiger partial charge is 0.276 e. The summed E-state index contributed by atoms with van der Waals surface area (Å²) in [6.45, 7) is 5.40. The second-order valence-electron chi connectivity index (χ2n) is 7.56. The van der Waals surface area contributed by atoms with E-state index in [1.54, 1.807) is 28.8 Å². The molecule has 2 N–H and O–H groups in total. The summed E-state index contributed by atoms with van der Waals surface area (Å²) in [7, 11) is 0. The van der Waals surface area contributed by atoms with Gasteiger partial charge in [-0.1, -0.05) is 29.5 Å². The Labute approximate surface area is 198 Å². The fourth-order valence-corrected chi connectivity index (χ4v) is 4.99. The summed E-state index contributed by atoms with van der Waals surface area (Å²) in [6.07, 6.45) is 0. The lowest BCUT2D eigenvalue weighted by Crippen LogP contribution is -2.23. The van der Waals surface area contributed by atoms with Crippen LogP contribution in [-0.2, 0) is 9.59 Å². The van der Waals surface area contributed by atoms with Crippen molar-refractivity contribution in [3.63, 3.8) is 0 Å². The first-order chi connectivity index (χ1) is 15.8. The molecule has 0 spiro atoms. The fourth-order valence-electron chi connectivity index (χ4n) is 3.42. The summed E-state index contributed by atoms with van der Waals surface area (Å²) >= 11 is 2.57. The van der Waals surface area contributed by atoms with Gasteiger partial charge in [0.15, 0.2) is 5.16 Å². The molecule has 0 atom stereocenters. The molecule has 0 saturated carbocycles. The molecule has 7 nitrogen and oxygen atoms in total. The van der Waals surface area contributed by atoms with E-state index in [-0.39, 0.29) is 23.1 Å². The van der Waals surface area contributed by atoms with Crippen LogP contribution in [0.25, 0.3) is 15.9 Å². The Balaban J connectivity index is 1.57. The highest BCUT2D eigenvalue weighted by Crippen LogP contribution is 2.26. The summed E-state index contributed by atoms with van der Waals surface area (Å²) in [4.78, 5) is 41.7. The number of benzene rings is 2. The molecule has 0 saturated heterocycles. The van der Waals surface area contributed by atoms with Gasteiger partial charge in [0.2, 0.25) is 11.8 Å². The van der Waals surface area contributed by atoms with Gasteiger partial charge < -0.3 is 10.6 Å². The minimum Gasteiger partial charge on any atom is -0.326 e. The van der Waals surface area contributed by atoms with Gasteiger partial charge in [-0.3, -0.25) is 19.0 Å². The van der Waals surface area contributed by atoms with Crippen LogP contribution in [-0.4, -0.2) is 27.1 Å². The molecular weight excluding hydrogens is 456 g/mol. The number of thiophene rings is 1. The van der Waals surface area contributed by atoms with E-state index in [9.17, 15) is 14.4 Å². The number of hydrogen-bond acceptors (Lipinski definition) is 6. The first-order valence-corrected chi connectivity index (χ1v) is 12.1. The van der Waals surface area contributed by atoms with Gasteiger partial charge in [-0.25, -0.2) is 4.98 Å². The zero-order valence-corrected chi connectivity index (χ0v) is 20.0. The Kier molecular flexibility index (Phi) is 6.62. The number of anilines is 2. The van der Waals surface area contributed by atoms with Gasteiger partial charge in [-0.15, -0.1) is 11.3 Å². The van der Waals surface area contributed by atoms with Crippen LogP contribution in [0.1, 0.15) is 18.1 Å². The number of aryl methyl sites for hydroxylation is 2. The van der Waals surface area contributed by atoms with Gasteiger partial charge in [-0.2, -0.15) is 0 Å². The molecule has 2 amide bonds. The van der Waals surface area contributed by atoms with Crippen LogP contribution in [0, 0.1) is 13.8 Å². The van der Waals surface area contributed by atoms with Crippen LogP contribution >= 0.6 is 23.1 Å². The van der Waals surface area contributed by atoms with Gasteiger partial charge >= 0.3 is 0 Å². The molecule has 168 valence electrons.